The first-order valence-electron chi connectivity index (χ1n) is 15.2. The van der Waals surface area contributed by atoms with Crippen LogP contribution in [0, 0.1) is 12.8 Å². The molecule has 3 aliphatic heterocycles. The highest BCUT2D eigenvalue weighted by atomic mass is 19.4. The second-order valence-corrected chi connectivity index (χ2v) is 11.8. The second kappa shape index (κ2) is 14.3. The lowest BCUT2D eigenvalue weighted by molar-refractivity contribution is -0.144. The van der Waals surface area contributed by atoms with Gasteiger partial charge >= 0.3 is 6.18 Å². The average Bonchev–Trinajstić information content (AvgIpc) is 3.01. The lowest BCUT2D eigenvalue weighted by Crippen LogP contribution is -2.52. The molecule has 0 radical (unpaired) electrons. The van der Waals surface area contributed by atoms with E-state index in [1.54, 1.807) is 12.0 Å². The molecule has 12 heteroatoms. The molecule has 0 saturated carbocycles. The lowest BCUT2D eigenvalue weighted by Gasteiger charge is -2.38. The van der Waals surface area contributed by atoms with Crippen LogP contribution in [-0.4, -0.2) is 85.5 Å². The molecule has 0 aliphatic carbocycles. The summed E-state index contributed by atoms with van der Waals surface area (Å²) in [5.74, 6) is -1.63. The summed E-state index contributed by atoms with van der Waals surface area (Å²) in [5, 5.41) is 6.70. The number of aryl methyl sites for hydroxylation is 1. The molecule has 3 saturated heterocycles. The minimum atomic E-state index is -4.79. The number of benzene rings is 1. The summed E-state index contributed by atoms with van der Waals surface area (Å²) in [6, 6.07) is 9.99. The minimum Gasteiger partial charge on any atom is -0.384 e. The molecule has 4 atom stereocenters. The van der Waals surface area contributed by atoms with Gasteiger partial charge in [0, 0.05) is 57.4 Å². The molecule has 43 heavy (non-hydrogen) atoms. The minimum absolute atomic E-state index is 0.0352. The van der Waals surface area contributed by atoms with Gasteiger partial charge in [0.25, 0.3) is 5.91 Å². The van der Waals surface area contributed by atoms with E-state index < -0.39 is 17.9 Å². The van der Waals surface area contributed by atoms with Crippen LogP contribution in [0.25, 0.3) is 0 Å². The fourth-order valence-corrected chi connectivity index (χ4v) is 6.18. The zero-order valence-electron chi connectivity index (χ0n) is 24.9. The Morgan fingerprint density at radius 1 is 1.09 bits per heavy atom. The Kier molecular flexibility index (Phi) is 10.5. The highest BCUT2D eigenvalue weighted by molar-refractivity contribution is 5.93. The van der Waals surface area contributed by atoms with Crippen molar-refractivity contribution >= 4 is 11.7 Å². The van der Waals surface area contributed by atoms with Crippen molar-refractivity contribution in [1.82, 2.24) is 20.2 Å². The largest absolute Gasteiger partial charge is 0.451 e. The molecule has 0 spiro atoms. The van der Waals surface area contributed by atoms with Gasteiger partial charge in [0.2, 0.25) is 5.82 Å². The van der Waals surface area contributed by atoms with Crippen molar-refractivity contribution in [2.24, 2.45) is 5.92 Å². The summed E-state index contributed by atoms with van der Waals surface area (Å²) in [6.07, 6.45) is -0.150. The Morgan fingerprint density at radius 3 is 2.58 bits per heavy atom. The number of alkyl halides is 3. The number of amides is 1. The summed E-state index contributed by atoms with van der Waals surface area (Å²) in [4.78, 5) is 22.3. The number of piperidine rings is 1. The molecule has 3 aliphatic rings. The van der Waals surface area contributed by atoms with Crippen LogP contribution < -0.4 is 10.6 Å². The first kappa shape index (κ1) is 31.6. The molecule has 0 bridgehead atoms. The van der Waals surface area contributed by atoms with Crippen LogP contribution in [0.5, 0.6) is 0 Å². The van der Waals surface area contributed by atoms with Crippen molar-refractivity contribution < 1.29 is 32.2 Å². The molecule has 5 rings (SSSR count). The molecule has 9 nitrogen and oxygen atoms in total. The molecule has 1 unspecified atom stereocenters. The van der Waals surface area contributed by atoms with Crippen LogP contribution in [0.2, 0.25) is 0 Å². The van der Waals surface area contributed by atoms with Gasteiger partial charge in [0.05, 0.1) is 25.4 Å². The van der Waals surface area contributed by atoms with Crippen LogP contribution in [0.15, 0.2) is 30.3 Å². The number of nitrogens with one attached hydrogen (secondary N) is 2. The van der Waals surface area contributed by atoms with Gasteiger partial charge in [-0.25, -0.2) is 9.97 Å². The maximum Gasteiger partial charge on any atom is 0.451 e. The maximum atomic E-state index is 13.7. The van der Waals surface area contributed by atoms with Crippen LogP contribution >= 0.6 is 0 Å². The number of hydrogen-bond acceptors (Lipinski definition) is 8. The van der Waals surface area contributed by atoms with Crippen molar-refractivity contribution in [2.45, 2.75) is 75.9 Å². The molecule has 1 amide bonds. The van der Waals surface area contributed by atoms with Gasteiger partial charge in [0.15, 0.2) is 0 Å². The number of likely N-dealkylation sites (tertiary alicyclic amines) is 1. The van der Waals surface area contributed by atoms with Gasteiger partial charge in [0.1, 0.15) is 11.5 Å². The van der Waals surface area contributed by atoms with Gasteiger partial charge < -0.3 is 29.7 Å². The van der Waals surface area contributed by atoms with E-state index in [1.807, 2.05) is 19.1 Å². The molecule has 2 N–H and O–H groups in total. The van der Waals surface area contributed by atoms with E-state index in [0.717, 1.165) is 31.2 Å². The standard InChI is InChI=1S/C31H42F3N5O4/c1-20-6-8-21(9-7-20)27-5-3-4-24(43-27)17-35-28-16-26(37-30(38-28)31(32,33)34)29(40)39-13-10-23(11-14-39)36-25-12-15-42-19-22(25)18-41-2/h6-9,16,22-25,27,36H,3-5,10-15,17-19H2,1-2H3,(H,35,37,38)/t22?,24-,25+,27+/m1/s1. The van der Waals surface area contributed by atoms with Crippen molar-refractivity contribution in [1.29, 1.82) is 0 Å². The van der Waals surface area contributed by atoms with E-state index >= 15 is 0 Å². The van der Waals surface area contributed by atoms with Crippen LogP contribution in [0.1, 0.15) is 72.1 Å². The van der Waals surface area contributed by atoms with Gasteiger partial charge in [-0.15, -0.1) is 0 Å². The third-order valence-corrected chi connectivity index (χ3v) is 8.59. The number of anilines is 1. The summed E-state index contributed by atoms with van der Waals surface area (Å²) in [6.45, 7) is 5.12. The molecular weight excluding hydrogens is 563 g/mol. The van der Waals surface area contributed by atoms with E-state index in [1.165, 1.54) is 11.6 Å². The normalized spacial score (nSPS) is 25.5. The number of carbonyl (C=O) groups excluding carboxylic acids is 1. The van der Waals surface area contributed by atoms with Gasteiger partial charge in [-0.2, -0.15) is 13.2 Å². The fraction of sp³-hybridized carbons (Fsp3) is 0.645. The fourth-order valence-electron chi connectivity index (χ4n) is 6.18. The third-order valence-electron chi connectivity index (χ3n) is 8.59. The maximum absolute atomic E-state index is 13.7. The van der Waals surface area contributed by atoms with Crippen LogP contribution in [0.3, 0.4) is 0 Å². The molecule has 1 aromatic carbocycles. The highest BCUT2D eigenvalue weighted by Gasteiger charge is 2.37. The van der Waals surface area contributed by atoms with Crippen molar-refractivity contribution in [2.75, 3.05) is 51.9 Å². The highest BCUT2D eigenvalue weighted by Crippen LogP contribution is 2.32. The first-order valence-corrected chi connectivity index (χ1v) is 15.2. The number of nitrogens with zero attached hydrogens (tertiary/aromatic N) is 3. The van der Waals surface area contributed by atoms with E-state index in [-0.39, 0.29) is 48.3 Å². The molecule has 3 fully saturated rings. The first-order chi connectivity index (χ1) is 20.7. The third kappa shape index (κ3) is 8.43. The van der Waals surface area contributed by atoms with Crippen LogP contribution in [-0.2, 0) is 20.4 Å². The molecule has 2 aromatic rings. The number of hydrogen-bond donors (Lipinski definition) is 2. The SMILES string of the molecule is COCC1COCC[C@@H]1NC1CCN(C(=O)c2cc(NC[C@H]3CCC[C@@H](c4ccc(C)cc4)O3)nc(C(F)(F)F)n2)CC1. The Bertz CT molecular complexity index is 1200. The molecule has 4 heterocycles. The number of ether oxygens (including phenoxy) is 3. The zero-order chi connectivity index (χ0) is 30.4. The predicted molar refractivity (Wildman–Crippen MR) is 155 cm³/mol. The van der Waals surface area contributed by atoms with Gasteiger partial charge in [-0.05, 0) is 51.0 Å². The predicted octanol–water partition coefficient (Wildman–Crippen LogP) is 4.77. The Labute approximate surface area is 250 Å². The smallest absolute Gasteiger partial charge is 0.384 e. The molecule has 236 valence electrons. The van der Waals surface area contributed by atoms with Crippen molar-refractivity contribution in [3.05, 3.63) is 53.0 Å². The van der Waals surface area contributed by atoms with Crippen LogP contribution in [0.4, 0.5) is 19.0 Å². The Morgan fingerprint density at radius 2 is 1.86 bits per heavy atom. The Balaban J connectivity index is 1.20. The quantitative estimate of drug-likeness (QED) is 0.422. The topological polar surface area (TPSA) is 97.8 Å². The summed E-state index contributed by atoms with van der Waals surface area (Å²) >= 11 is 0. The van der Waals surface area contributed by atoms with Gasteiger partial charge in [-0.1, -0.05) is 29.8 Å². The number of methoxy groups -OCH3 is 1. The summed E-state index contributed by atoms with van der Waals surface area (Å²) in [7, 11) is 1.68. The Hall–Kier alpha value is -2.80. The van der Waals surface area contributed by atoms with E-state index in [9.17, 15) is 18.0 Å². The second-order valence-electron chi connectivity index (χ2n) is 11.8. The molecule has 1 aromatic heterocycles. The number of rotatable bonds is 9. The number of aromatic nitrogens is 2. The summed E-state index contributed by atoms with van der Waals surface area (Å²) < 4.78 is 58.4. The summed E-state index contributed by atoms with van der Waals surface area (Å²) in [5.41, 5.74) is 1.99. The van der Waals surface area contributed by atoms with E-state index in [2.05, 4.69) is 32.7 Å². The van der Waals surface area contributed by atoms with Crippen molar-refractivity contribution in [3.8, 4) is 0 Å². The zero-order valence-corrected chi connectivity index (χ0v) is 24.9. The molecular formula is C31H42F3N5O4. The average molecular weight is 606 g/mol. The van der Waals surface area contributed by atoms with Crippen molar-refractivity contribution in [3.63, 3.8) is 0 Å². The monoisotopic (exact) mass is 605 g/mol. The van der Waals surface area contributed by atoms with Gasteiger partial charge in [-0.3, -0.25) is 4.79 Å². The van der Waals surface area contributed by atoms with E-state index in [4.69, 9.17) is 14.2 Å². The number of halogens is 3. The number of carbonyl (C=O) groups is 1. The van der Waals surface area contributed by atoms with E-state index in [0.29, 0.717) is 45.8 Å². The lowest BCUT2D eigenvalue weighted by atomic mass is 9.94.